The van der Waals surface area contributed by atoms with E-state index < -0.39 is 11.5 Å². The summed E-state index contributed by atoms with van der Waals surface area (Å²) in [6.07, 6.45) is 5.22. The third kappa shape index (κ3) is 3.12. The van der Waals surface area contributed by atoms with Crippen molar-refractivity contribution in [1.29, 1.82) is 0 Å². The number of aromatic nitrogens is 1. The van der Waals surface area contributed by atoms with Crippen molar-refractivity contribution in [2.24, 2.45) is 5.73 Å². The Morgan fingerprint density at radius 1 is 1.39 bits per heavy atom. The fourth-order valence-electron chi connectivity index (χ4n) is 1.47. The number of hydrogen-bond acceptors (Lipinski definition) is 4. The van der Waals surface area contributed by atoms with Gasteiger partial charge in [0.25, 0.3) is 5.91 Å². The zero-order chi connectivity index (χ0) is 13.3. The first-order valence-electron chi connectivity index (χ1n) is 6.00. The van der Waals surface area contributed by atoms with Crippen LogP contribution in [0.4, 0.5) is 0 Å². The van der Waals surface area contributed by atoms with E-state index in [9.17, 15) is 4.79 Å². The number of primary amides is 1. The number of pyridine rings is 1. The maximum Gasteiger partial charge on any atom is 0.254 e. The van der Waals surface area contributed by atoms with E-state index in [0.717, 1.165) is 12.8 Å². The van der Waals surface area contributed by atoms with Crippen molar-refractivity contribution in [2.45, 2.75) is 45.3 Å². The molecule has 1 heterocycles. The quantitative estimate of drug-likeness (QED) is 0.885. The molecule has 5 nitrogen and oxygen atoms in total. The highest BCUT2D eigenvalue weighted by molar-refractivity contribution is 5.96. The van der Waals surface area contributed by atoms with Gasteiger partial charge in [0.05, 0.1) is 12.3 Å². The lowest BCUT2D eigenvalue weighted by atomic mass is 10.1. The van der Waals surface area contributed by atoms with Gasteiger partial charge in [0.2, 0.25) is 0 Å². The summed E-state index contributed by atoms with van der Waals surface area (Å²) < 4.78 is 11.5. The molecule has 0 aliphatic heterocycles. The third-order valence-electron chi connectivity index (χ3n) is 2.36. The van der Waals surface area contributed by atoms with Crippen LogP contribution in [0.2, 0.25) is 0 Å². The van der Waals surface area contributed by atoms with Crippen molar-refractivity contribution in [3.8, 4) is 11.5 Å². The van der Waals surface area contributed by atoms with Gasteiger partial charge in [-0.3, -0.25) is 9.78 Å². The highest BCUT2D eigenvalue weighted by atomic mass is 16.5. The lowest BCUT2D eigenvalue weighted by Crippen LogP contribution is -2.26. The molecule has 1 fully saturated rings. The summed E-state index contributed by atoms with van der Waals surface area (Å²) in [5.74, 6) is 0.309. The summed E-state index contributed by atoms with van der Waals surface area (Å²) >= 11 is 0. The Hall–Kier alpha value is -1.78. The van der Waals surface area contributed by atoms with Gasteiger partial charge in [0, 0.05) is 6.20 Å². The van der Waals surface area contributed by atoms with Crippen molar-refractivity contribution in [1.82, 2.24) is 4.98 Å². The Kier molecular flexibility index (Phi) is 3.15. The molecule has 5 heteroatoms. The molecule has 0 bridgehead atoms. The largest absolute Gasteiger partial charge is 0.485 e. The number of carbonyl (C=O) groups is 1. The van der Waals surface area contributed by atoms with Crippen molar-refractivity contribution in [3.05, 3.63) is 18.0 Å². The summed E-state index contributed by atoms with van der Waals surface area (Å²) in [5.41, 5.74) is 5.15. The predicted octanol–water partition coefficient (Wildman–Crippen LogP) is 1.90. The molecule has 0 atom stereocenters. The summed E-state index contributed by atoms with van der Waals surface area (Å²) in [6, 6.07) is 0. The minimum atomic E-state index is -0.567. The lowest BCUT2D eigenvalue weighted by Gasteiger charge is -2.24. The van der Waals surface area contributed by atoms with Crippen LogP contribution in [0.5, 0.6) is 11.5 Å². The van der Waals surface area contributed by atoms with Crippen LogP contribution in [0.15, 0.2) is 12.4 Å². The Labute approximate surface area is 106 Å². The van der Waals surface area contributed by atoms with Crippen LogP contribution in [0.1, 0.15) is 44.0 Å². The normalized spacial score (nSPS) is 15.3. The number of rotatable bonds is 4. The van der Waals surface area contributed by atoms with Crippen LogP contribution in [-0.4, -0.2) is 22.6 Å². The van der Waals surface area contributed by atoms with Crippen LogP contribution < -0.4 is 15.2 Å². The smallest absolute Gasteiger partial charge is 0.254 e. The van der Waals surface area contributed by atoms with Crippen LogP contribution in [-0.2, 0) is 0 Å². The molecule has 18 heavy (non-hydrogen) atoms. The third-order valence-corrected chi connectivity index (χ3v) is 2.36. The number of ether oxygens (including phenoxy) is 2. The molecule has 1 aromatic heterocycles. The zero-order valence-electron chi connectivity index (χ0n) is 10.9. The van der Waals surface area contributed by atoms with Crippen molar-refractivity contribution >= 4 is 5.91 Å². The number of nitrogens with two attached hydrogens (primary N) is 1. The van der Waals surface area contributed by atoms with Gasteiger partial charge in [0.15, 0.2) is 11.5 Å². The van der Waals surface area contributed by atoms with E-state index in [0.29, 0.717) is 11.5 Å². The molecule has 0 unspecified atom stereocenters. The maximum atomic E-state index is 11.4. The SMILES string of the molecule is CC(C)(C)Oc1c(OC2CC2)cncc1C(N)=O. The summed E-state index contributed by atoms with van der Waals surface area (Å²) in [7, 11) is 0. The second-order valence-electron chi connectivity index (χ2n) is 5.41. The second-order valence-corrected chi connectivity index (χ2v) is 5.41. The molecule has 1 aromatic rings. The molecule has 2 N–H and O–H groups in total. The Balaban J connectivity index is 2.37. The minimum Gasteiger partial charge on any atom is -0.485 e. The Bertz CT molecular complexity index is 462. The number of carbonyl (C=O) groups excluding carboxylic acids is 1. The van der Waals surface area contributed by atoms with E-state index in [1.165, 1.54) is 6.20 Å². The zero-order valence-corrected chi connectivity index (χ0v) is 10.9. The fraction of sp³-hybridized carbons (Fsp3) is 0.538. The average Bonchev–Trinajstić information content (AvgIpc) is 3.02. The molecule has 1 amide bonds. The van der Waals surface area contributed by atoms with Gasteiger partial charge >= 0.3 is 0 Å². The van der Waals surface area contributed by atoms with Crippen LogP contribution in [0.3, 0.4) is 0 Å². The molecule has 0 spiro atoms. The monoisotopic (exact) mass is 250 g/mol. The van der Waals surface area contributed by atoms with Crippen LogP contribution in [0.25, 0.3) is 0 Å². The standard InChI is InChI=1S/C13H18N2O3/c1-13(2,3)18-11-9(12(14)16)6-15-7-10(11)17-8-4-5-8/h6-8H,4-5H2,1-3H3,(H2,14,16). The van der Waals surface area contributed by atoms with Gasteiger partial charge in [-0.05, 0) is 33.6 Å². The molecule has 0 aromatic carbocycles. The molecule has 98 valence electrons. The molecular formula is C13H18N2O3. The van der Waals surface area contributed by atoms with Crippen molar-refractivity contribution in [3.63, 3.8) is 0 Å². The molecule has 1 aliphatic rings. The van der Waals surface area contributed by atoms with Crippen LogP contribution >= 0.6 is 0 Å². The van der Waals surface area contributed by atoms with Gasteiger partial charge in [0.1, 0.15) is 11.2 Å². The molecule has 1 saturated carbocycles. The molecule has 2 rings (SSSR count). The predicted molar refractivity (Wildman–Crippen MR) is 66.8 cm³/mol. The Morgan fingerprint density at radius 2 is 2.06 bits per heavy atom. The van der Waals surface area contributed by atoms with E-state index in [1.807, 2.05) is 20.8 Å². The number of nitrogens with zero attached hydrogens (tertiary/aromatic N) is 1. The molecular weight excluding hydrogens is 232 g/mol. The highest BCUT2D eigenvalue weighted by Crippen LogP contribution is 2.37. The van der Waals surface area contributed by atoms with E-state index in [1.54, 1.807) is 6.20 Å². The molecule has 0 radical (unpaired) electrons. The van der Waals surface area contributed by atoms with Gasteiger partial charge < -0.3 is 15.2 Å². The van der Waals surface area contributed by atoms with E-state index in [-0.39, 0.29) is 11.7 Å². The summed E-state index contributed by atoms with van der Waals surface area (Å²) in [4.78, 5) is 15.4. The second kappa shape index (κ2) is 4.48. The van der Waals surface area contributed by atoms with Gasteiger partial charge in [-0.25, -0.2) is 0 Å². The first kappa shape index (κ1) is 12.7. The van der Waals surface area contributed by atoms with E-state index in [4.69, 9.17) is 15.2 Å². The maximum absolute atomic E-state index is 11.4. The highest BCUT2D eigenvalue weighted by Gasteiger charge is 2.28. The van der Waals surface area contributed by atoms with Crippen molar-refractivity contribution in [2.75, 3.05) is 0 Å². The topological polar surface area (TPSA) is 74.4 Å². The van der Waals surface area contributed by atoms with E-state index >= 15 is 0 Å². The lowest BCUT2D eigenvalue weighted by molar-refractivity contribution is 0.0967. The fourth-order valence-corrected chi connectivity index (χ4v) is 1.47. The van der Waals surface area contributed by atoms with E-state index in [2.05, 4.69) is 4.98 Å². The number of amides is 1. The number of hydrogen-bond donors (Lipinski definition) is 1. The summed E-state index contributed by atoms with van der Waals surface area (Å²) in [6.45, 7) is 5.71. The van der Waals surface area contributed by atoms with Gasteiger partial charge in [-0.1, -0.05) is 0 Å². The molecule has 1 aliphatic carbocycles. The molecule has 0 saturated heterocycles. The van der Waals surface area contributed by atoms with Gasteiger partial charge in [-0.2, -0.15) is 0 Å². The first-order chi connectivity index (χ1) is 8.37. The average molecular weight is 250 g/mol. The van der Waals surface area contributed by atoms with Crippen LogP contribution in [0, 0.1) is 0 Å². The Morgan fingerprint density at radius 3 is 2.56 bits per heavy atom. The van der Waals surface area contributed by atoms with Gasteiger partial charge in [-0.15, -0.1) is 0 Å². The van der Waals surface area contributed by atoms with Crippen molar-refractivity contribution < 1.29 is 14.3 Å². The minimum absolute atomic E-state index is 0.206. The summed E-state index contributed by atoms with van der Waals surface area (Å²) in [5, 5.41) is 0. The first-order valence-corrected chi connectivity index (χ1v) is 6.00.